The highest BCUT2D eigenvalue weighted by Gasteiger charge is 2.20. The predicted molar refractivity (Wildman–Crippen MR) is 90.3 cm³/mol. The van der Waals surface area contributed by atoms with Gasteiger partial charge in [-0.2, -0.15) is 0 Å². The molecular formula is C17H16NPS. The third kappa shape index (κ3) is 2.67. The Morgan fingerprint density at radius 3 is 1.70 bits per heavy atom. The average molecular weight is 297 g/mol. The van der Waals surface area contributed by atoms with Crippen LogP contribution in [0.25, 0.3) is 0 Å². The minimum atomic E-state index is -0.534. The number of hydrogen-bond donors (Lipinski definition) is 0. The zero-order chi connectivity index (χ0) is 13.9. The van der Waals surface area contributed by atoms with Crippen molar-refractivity contribution in [3.8, 4) is 0 Å². The molecule has 1 heterocycles. The zero-order valence-electron chi connectivity index (χ0n) is 11.6. The number of nitrogens with zero attached hydrogens (tertiary/aromatic N) is 1. The maximum Gasteiger partial charge on any atom is 0.124 e. The first-order chi connectivity index (χ1) is 9.75. The van der Waals surface area contributed by atoms with Crippen molar-refractivity contribution >= 4 is 34.6 Å². The van der Waals surface area contributed by atoms with Gasteiger partial charge in [-0.25, -0.2) is 4.98 Å². The van der Waals surface area contributed by atoms with Crippen molar-refractivity contribution in [3.63, 3.8) is 0 Å². The second-order valence-corrected chi connectivity index (χ2v) is 8.28. The van der Waals surface area contributed by atoms with Crippen molar-refractivity contribution in [2.75, 3.05) is 0 Å². The smallest absolute Gasteiger partial charge is 0.124 e. The lowest BCUT2D eigenvalue weighted by Gasteiger charge is -2.15. The minimum Gasteiger partial charge on any atom is -0.241 e. The number of aromatic nitrogens is 1. The summed E-state index contributed by atoms with van der Waals surface area (Å²) in [4.78, 5) is 6.13. The van der Waals surface area contributed by atoms with Gasteiger partial charge in [-0.1, -0.05) is 60.7 Å². The fourth-order valence-corrected chi connectivity index (χ4v) is 6.06. The molecule has 3 heteroatoms. The summed E-state index contributed by atoms with van der Waals surface area (Å²) in [5.74, 6) is 0. The first-order valence-corrected chi connectivity index (χ1v) is 8.76. The lowest BCUT2D eigenvalue weighted by atomic mass is 10.4. The number of rotatable bonds is 3. The van der Waals surface area contributed by atoms with Crippen molar-refractivity contribution in [2.45, 2.75) is 13.8 Å². The molecule has 20 heavy (non-hydrogen) atoms. The van der Waals surface area contributed by atoms with Crippen molar-refractivity contribution < 1.29 is 0 Å². The summed E-state index contributed by atoms with van der Waals surface area (Å²) in [6.07, 6.45) is 0. The Morgan fingerprint density at radius 1 is 0.800 bits per heavy atom. The van der Waals surface area contributed by atoms with Crippen LogP contribution in [0.2, 0.25) is 0 Å². The zero-order valence-corrected chi connectivity index (χ0v) is 13.3. The van der Waals surface area contributed by atoms with E-state index >= 15 is 0 Å². The Labute approximate surface area is 125 Å². The Morgan fingerprint density at radius 2 is 1.30 bits per heavy atom. The molecule has 0 bridgehead atoms. The van der Waals surface area contributed by atoms with Gasteiger partial charge in [0.15, 0.2) is 0 Å². The Bertz CT molecular complexity index is 633. The maximum atomic E-state index is 4.81. The van der Waals surface area contributed by atoms with E-state index in [1.54, 1.807) is 0 Å². The molecule has 1 aromatic heterocycles. The molecule has 0 aliphatic rings. The van der Waals surface area contributed by atoms with Crippen LogP contribution in [-0.2, 0) is 0 Å². The van der Waals surface area contributed by atoms with Crippen LogP contribution in [0.1, 0.15) is 10.6 Å². The van der Waals surface area contributed by atoms with Crippen LogP contribution in [0.5, 0.6) is 0 Å². The Kier molecular flexibility index (Phi) is 3.95. The van der Waals surface area contributed by atoms with Crippen molar-refractivity contribution in [2.24, 2.45) is 0 Å². The van der Waals surface area contributed by atoms with Crippen molar-refractivity contribution in [3.05, 3.63) is 71.2 Å². The fourth-order valence-electron chi connectivity index (χ4n) is 2.08. The predicted octanol–water partition coefficient (Wildman–Crippen LogP) is 3.52. The molecule has 0 atom stereocenters. The lowest BCUT2D eigenvalue weighted by Crippen LogP contribution is -2.20. The molecule has 0 unspecified atom stereocenters. The minimum absolute atomic E-state index is 0.534. The number of aryl methyl sites for hydroxylation is 2. The van der Waals surface area contributed by atoms with Gasteiger partial charge in [0.25, 0.3) is 0 Å². The molecule has 3 rings (SSSR count). The van der Waals surface area contributed by atoms with Gasteiger partial charge in [-0.05, 0) is 24.5 Å². The van der Waals surface area contributed by atoms with Gasteiger partial charge >= 0.3 is 0 Å². The molecule has 0 radical (unpaired) electrons. The van der Waals surface area contributed by atoms with Crippen molar-refractivity contribution in [1.82, 2.24) is 4.98 Å². The van der Waals surface area contributed by atoms with Gasteiger partial charge in [-0.3, -0.25) is 0 Å². The third-order valence-electron chi connectivity index (χ3n) is 3.24. The first kappa shape index (κ1) is 13.5. The fraction of sp³-hybridized carbons (Fsp3) is 0.118. The molecule has 0 aliphatic heterocycles. The topological polar surface area (TPSA) is 12.9 Å². The van der Waals surface area contributed by atoms with E-state index in [0.29, 0.717) is 0 Å². The maximum absolute atomic E-state index is 4.81. The SMILES string of the molecule is Cc1nc(P(c2ccccc2)c2ccccc2)sc1C. The highest BCUT2D eigenvalue weighted by atomic mass is 32.1. The second kappa shape index (κ2) is 5.87. The van der Waals surface area contributed by atoms with Crippen LogP contribution in [0.4, 0.5) is 0 Å². The number of thiazole rings is 1. The van der Waals surface area contributed by atoms with Crippen LogP contribution >= 0.6 is 19.3 Å². The standard InChI is InChI=1S/C17H16NPS/c1-13-14(2)20-17(18-13)19(15-9-5-3-6-10-15)16-11-7-4-8-12-16/h3-12H,1-2H3. The van der Waals surface area contributed by atoms with Gasteiger partial charge < -0.3 is 0 Å². The van der Waals surface area contributed by atoms with Gasteiger partial charge in [0, 0.05) is 12.8 Å². The van der Waals surface area contributed by atoms with Crippen LogP contribution in [-0.4, -0.2) is 4.98 Å². The molecule has 0 spiro atoms. The Hall–Kier alpha value is -1.50. The molecule has 0 saturated heterocycles. The molecule has 0 fully saturated rings. The third-order valence-corrected chi connectivity index (χ3v) is 7.05. The molecule has 100 valence electrons. The molecule has 0 aliphatic carbocycles. The summed E-state index contributed by atoms with van der Waals surface area (Å²) >= 11 is 1.83. The van der Waals surface area contributed by atoms with E-state index in [4.69, 9.17) is 4.98 Å². The lowest BCUT2D eigenvalue weighted by molar-refractivity contribution is 1.25. The van der Waals surface area contributed by atoms with E-state index in [0.717, 1.165) is 5.69 Å². The Balaban J connectivity index is 2.14. The van der Waals surface area contributed by atoms with E-state index in [2.05, 4.69) is 74.5 Å². The number of hydrogen-bond acceptors (Lipinski definition) is 2. The van der Waals surface area contributed by atoms with E-state index in [-0.39, 0.29) is 0 Å². The van der Waals surface area contributed by atoms with Gasteiger partial charge in [0.05, 0.1) is 5.69 Å². The molecule has 0 N–H and O–H groups in total. The molecule has 3 aromatic rings. The van der Waals surface area contributed by atoms with Crippen LogP contribution in [0.3, 0.4) is 0 Å². The molecule has 1 nitrogen and oxygen atoms in total. The number of benzene rings is 2. The summed E-state index contributed by atoms with van der Waals surface area (Å²) in [7, 11) is -0.534. The van der Waals surface area contributed by atoms with E-state index in [9.17, 15) is 0 Å². The van der Waals surface area contributed by atoms with Crippen LogP contribution < -0.4 is 15.4 Å². The van der Waals surface area contributed by atoms with Crippen LogP contribution in [0, 0.1) is 13.8 Å². The summed E-state index contributed by atoms with van der Waals surface area (Å²) in [6.45, 7) is 4.25. The van der Waals surface area contributed by atoms with Gasteiger partial charge in [0.2, 0.25) is 0 Å². The van der Waals surface area contributed by atoms with E-state index in [1.165, 1.54) is 20.2 Å². The monoisotopic (exact) mass is 297 g/mol. The largest absolute Gasteiger partial charge is 0.241 e. The van der Waals surface area contributed by atoms with E-state index < -0.39 is 7.92 Å². The molecular weight excluding hydrogens is 281 g/mol. The average Bonchev–Trinajstić information content (AvgIpc) is 2.81. The normalized spacial score (nSPS) is 10.9. The second-order valence-electron chi connectivity index (χ2n) is 4.64. The first-order valence-electron chi connectivity index (χ1n) is 6.60. The highest BCUT2D eigenvalue weighted by Crippen LogP contribution is 2.34. The summed E-state index contributed by atoms with van der Waals surface area (Å²) in [5, 5.41) is 2.73. The molecule has 2 aromatic carbocycles. The molecule has 0 saturated carbocycles. The quantitative estimate of drug-likeness (QED) is 0.674. The van der Waals surface area contributed by atoms with Crippen LogP contribution in [0.15, 0.2) is 60.7 Å². The van der Waals surface area contributed by atoms with Gasteiger partial charge in [0.1, 0.15) is 4.75 Å². The summed E-state index contributed by atoms with van der Waals surface area (Å²) < 4.78 is 1.24. The summed E-state index contributed by atoms with van der Waals surface area (Å²) in [5.41, 5.74) is 1.16. The summed E-state index contributed by atoms with van der Waals surface area (Å²) in [6, 6.07) is 21.4. The highest BCUT2D eigenvalue weighted by molar-refractivity contribution is 7.83. The van der Waals surface area contributed by atoms with Gasteiger partial charge in [-0.15, -0.1) is 11.3 Å². The van der Waals surface area contributed by atoms with Crippen molar-refractivity contribution in [1.29, 1.82) is 0 Å². The van der Waals surface area contributed by atoms with E-state index in [1.807, 2.05) is 11.3 Å². The molecule has 0 amide bonds.